The first-order valence-electron chi connectivity index (χ1n) is 9.99. The van der Waals surface area contributed by atoms with Gasteiger partial charge in [0.05, 0.1) is 12.8 Å². The number of carbonyl (C=O) groups is 6. The molecule has 0 atom stereocenters. The third-order valence-electron chi connectivity index (χ3n) is 4.80. The summed E-state index contributed by atoms with van der Waals surface area (Å²) >= 11 is 0. The number of amides is 6. The first-order valence-corrected chi connectivity index (χ1v) is 9.99. The zero-order valence-corrected chi connectivity index (χ0v) is 17.3. The van der Waals surface area contributed by atoms with Crippen LogP contribution in [-0.2, 0) is 28.8 Å². The van der Waals surface area contributed by atoms with Crippen molar-refractivity contribution in [1.82, 2.24) is 25.8 Å². The van der Waals surface area contributed by atoms with Crippen LogP contribution in [0.1, 0.15) is 25.7 Å². The minimum absolute atomic E-state index is 0.00513. The number of imide groups is 2. The summed E-state index contributed by atoms with van der Waals surface area (Å²) in [5.41, 5.74) is 0.483. The lowest BCUT2D eigenvalue weighted by atomic mass is 10.3. The maximum absolute atomic E-state index is 11.8. The Labute approximate surface area is 179 Å². The molecular weight excluding hydrogens is 406 g/mol. The van der Waals surface area contributed by atoms with Crippen LogP contribution in [0.15, 0.2) is 24.3 Å². The van der Waals surface area contributed by atoms with Crippen molar-refractivity contribution in [3.63, 3.8) is 0 Å². The van der Waals surface area contributed by atoms with E-state index in [0.717, 1.165) is 9.80 Å². The normalized spacial score (nSPS) is 16.5. The van der Waals surface area contributed by atoms with Gasteiger partial charge in [0.2, 0.25) is 23.6 Å². The molecule has 0 unspecified atom stereocenters. The second kappa shape index (κ2) is 11.2. The molecule has 2 fully saturated rings. The largest absolute Gasteiger partial charge is 0.355 e. The molecule has 0 aromatic carbocycles. The Morgan fingerprint density at radius 2 is 1.10 bits per heavy atom. The van der Waals surface area contributed by atoms with Crippen LogP contribution in [0.5, 0.6) is 0 Å². The fraction of sp³-hybridized carbons (Fsp3) is 0.500. The second-order valence-electron chi connectivity index (χ2n) is 7.21. The fourth-order valence-electron chi connectivity index (χ4n) is 3.08. The molecule has 0 aromatic heterocycles. The summed E-state index contributed by atoms with van der Waals surface area (Å²) in [5.74, 6) is -2.08. The molecule has 0 aliphatic carbocycles. The van der Waals surface area contributed by atoms with Crippen molar-refractivity contribution >= 4 is 35.4 Å². The average molecular weight is 433 g/mol. The number of hydrogen-bond donors (Lipinski definition) is 3. The van der Waals surface area contributed by atoms with Gasteiger partial charge in [0, 0.05) is 63.3 Å². The lowest BCUT2D eigenvalue weighted by Crippen LogP contribution is -2.39. The predicted octanol–water partition coefficient (Wildman–Crippen LogP) is -1.78. The molecule has 168 valence electrons. The van der Waals surface area contributed by atoms with Gasteiger partial charge in [-0.05, 0) is 0 Å². The Kier molecular flexibility index (Phi) is 8.62. The van der Waals surface area contributed by atoms with E-state index in [2.05, 4.69) is 29.1 Å². The molecule has 2 rings (SSSR count). The number of nitrogens with one attached hydrogen (secondary N) is 3. The van der Waals surface area contributed by atoms with Crippen molar-refractivity contribution in [2.75, 3.05) is 39.3 Å². The molecule has 2 aliphatic rings. The van der Waals surface area contributed by atoms with Gasteiger partial charge in [0.25, 0.3) is 11.8 Å². The van der Waals surface area contributed by atoms with Crippen LogP contribution < -0.4 is 16.0 Å². The summed E-state index contributed by atoms with van der Waals surface area (Å²) in [5, 5.41) is 8.39. The molecule has 0 radical (unpaired) electrons. The number of carbonyl (C=O) groups excluding carboxylic acids is 6. The summed E-state index contributed by atoms with van der Waals surface area (Å²) < 4.78 is 0. The molecule has 0 aromatic rings. The second-order valence-corrected chi connectivity index (χ2v) is 7.21. The van der Waals surface area contributed by atoms with Crippen molar-refractivity contribution in [2.45, 2.75) is 25.7 Å². The van der Waals surface area contributed by atoms with Gasteiger partial charge in [-0.15, -0.1) is 0 Å². The predicted molar refractivity (Wildman–Crippen MR) is 109 cm³/mol. The zero-order chi connectivity index (χ0) is 23.0. The van der Waals surface area contributed by atoms with Gasteiger partial charge in [-0.2, -0.15) is 0 Å². The smallest absolute Gasteiger partial charge is 0.256 e. The molecule has 11 nitrogen and oxygen atoms in total. The summed E-state index contributed by atoms with van der Waals surface area (Å²) in [4.78, 5) is 72.2. The lowest BCUT2D eigenvalue weighted by Gasteiger charge is -2.14. The lowest BCUT2D eigenvalue weighted by molar-refractivity contribution is -0.140. The Bertz CT molecular complexity index is 755. The third-order valence-corrected chi connectivity index (χ3v) is 4.80. The first kappa shape index (κ1) is 23.9. The van der Waals surface area contributed by atoms with Gasteiger partial charge in [0.1, 0.15) is 0 Å². The van der Waals surface area contributed by atoms with Gasteiger partial charge < -0.3 is 16.0 Å². The summed E-state index contributed by atoms with van der Waals surface area (Å²) in [6.45, 7) is 8.74. The number of rotatable bonds is 12. The monoisotopic (exact) mass is 433 g/mol. The summed E-state index contributed by atoms with van der Waals surface area (Å²) in [6, 6.07) is 0. The number of likely N-dealkylation sites (tertiary alicyclic amines) is 2. The van der Waals surface area contributed by atoms with Gasteiger partial charge in [-0.1, -0.05) is 13.2 Å². The topological polar surface area (TPSA) is 145 Å². The van der Waals surface area contributed by atoms with Gasteiger partial charge >= 0.3 is 0 Å². The van der Waals surface area contributed by atoms with Crippen LogP contribution >= 0.6 is 0 Å². The van der Waals surface area contributed by atoms with E-state index in [1.165, 1.54) is 0 Å². The summed E-state index contributed by atoms with van der Waals surface area (Å²) in [6.07, 6.45) is 0.0582. The Balaban J connectivity index is 1.47. The quantitative estimate of drug-likeness (QED) is 0.187. The Morgan fingerprint density at radius 1 is 0.710 bits per heavy atom. The van der Waals surface area contributed by atoms with E-state index in [0.29, 0.717) is 26.2 Å². The van der Waals surface area contributed by atoms with Crippen LogP contribution in [-0.4, -0.2) is 84.5 Å². The van der Waals surface area contributed by atoms with Crippen molar-refractivity contribution < 1.29 is 28.8 Å². The van der Waals surface area contributed by atoms with Crippen molar-refractivity contribution in [1.29, 1.82) is 0 Å². The molecular formula is C20H27N5O6. The summed E-state index contributed by atoms with van der Waals surface area (Å²) in [7, 11) is 0. The molecule has 6 amide bonds. The van der Waals surface area contributed by atoms with E-state index in [1.807, 2.05) is 0 Å². The van der Waals surface area contributed by atoms with Gasteiger partial charge in [-0.3, -0.25) is 38.6 Å². The van der Waals surface area contributed by atoms with E-state index < -0.39 is 11.8 Å². The highest BCUT2D eigenvalue weighted by molar-refractivity contribution is 6.13. The SMILES string of the molecule is C=C1CC(=O)N(CCC(=O)NCCNCCNC(=O)CCN2C(=O)CC(=C)C2=O)C1=O. The highest BCUT2D eigenvalue weighted by atomic mass is 16.2. The van der Waals surface area contributed by atoms with Crippen LogP contribution in [0.4, 0.5) is 0 Å². The maximum atomic E-state index is 11.8. The average Bonchev–Trinajstić information content (AvgIpc) is 3.10. The maximum Gasteiger partial charge on any atom is 0.256 e. The van der Waals surface area contributed by atoms with E-state index in [4.69, 9.17) is 0 Å². The molecule has 31 heavy (non-hydrogen) atoms. The molecule has 2 aliphatic heterocycles. The van der Waals surface area contributed by atoms with Crippen LogP contribution in [0, 0.1) is 0 Å². The highest BCUT2D eigenvalue weighted by Crippen LogP contribution is 2.17. The van der Waals surface area contributed by atoms with Gasteiger partial charge in [0.15, 0.2) is 0 Å². The molecule has 3 N–H and O–H groups in total. The Morgan fingerprint density at radius 3 is 1.42 bits per heavy atom. The molecule has 0 saturated carbocycles. The molecule has 11 heteroatoms. The first-order chi connectivity index (χ1) is 14.7. The number of nitrogens with zero attached hydrogens (tertiary/aromatic N) is 2. The molecule has 2 heterocycles. The Hall–Kier alpha value is -3.34. The minimum atomic E-state index is -0.425. The highest BCUT2D eigenvalue weighted by Gasteiger charge is 2.33. The number of hydrogen-bond acceptors (Lipinski definition) is 7. The van der Waals surface area contributed by atoms with Crippen LogP contribution in [0.3, 0.4) is 0 Å². The van der Waals surface area contributed by atoms with E-state index in [-0.39, 0.29) is 73.5 Å². The third kappa shape index (κ3) is 6.85. The van der Waals surface area contributed by atoms with E-state index in [9.17, 15) is 28.8 Å². The van der Waals surface area contributed by atoms with Crippen molar-refractivity contribution in [3.8, 4) is 0 Å². The zero-order valence-electron chi connectivity index (χ0n) is 17.3. The minimum Gasteiger partial charge on any atom is -0.355 e. The standard InChI is InChI=1S/C20H27N5O6/c1-13-11-17(28)24(19(13)30)9-3-15(26)22-7-5-21-6-8-23-16(27)4-10-25-18(29)12-14(2)20(25)31/h21H,1-12H2,(H,22,26)(H,23,27). The van der Waals surface area contributed by atoms with Crippen molar-refractivity contribution in [2.24, 2.45) is 0 Å². The van der Waals surface area contributed by atoms with Gasteiger partial charge in [-0.25, -0.2) is 0 Å². The van der Waals surface area contributed by atoms with Crippen molar-refractivity contribution in [3.05, 3.63) is 24.3 Å². The van der Waals surface area contributed by atoms with E-state index >= 15 is 0 Å². The fourth-order valence-corrected chi connectivity index (χ4v) is 3.08. The van der Waals surface area contributed by atoms with E-state index in [1.54, 1.807) is 0 Å². The van der Waals surface area contributed by atoms with Crippen LogP contribution in [0.2, 0.25) is 0 Å². The molecule has 0 spiro atoms. The molecule has 0 bridgehead atoms. The molecule has 2 saturated heterocycles. The van der Waals surface area contributed by atoms with Crippen LogP contribution in [0.25, 0.3) is 0 Å².